The summed E-state index contributed by atoms with van der Waals surface area (Å²) in [7, 11) is -1.65. The molecule has 0 bridgehead atoms. The van der Waals surface area contributed by atoms with Crippen LogP contribution in [0.15, 0.2) is 156 Å². The summed E-state index contributed by atoms with van der Waals surface area (Å²) in [4.78, 5) is 26.2. The third-order valence-corrected chi connectivity index (χ3v) is 9.25. The van der Waals surface area contributed by atoms with E-state index in [0.717, 1.165) is 9.95 Å². The Morgan fingerprint density at radius 3 is 1.45 bits per heavy atom. The van der Waals surface area contributed by atoms with Crippen molar-refractivity contribution in [1.82, 2.24) is 9.13 Å². The van der Waals surface area contributed by atoms with Crippen LogP contribution in [0.2, 0.25) is 0 Å². The molecule has 3 N–H and O–H groups in total. The number of phenols is 1. The lowest BCUT2D eigenvalue weighted by molar-refractivity contribution is -0.597. The zero-order valence-electron chi connectivity index (χ0n) is 38.4. The minimum absolute atomic E-state index is 0.115. The number of phenolic OH excluding ortho intramolecular Hbond substituents is 1. The van der Waals surface area contributed by atoms with Crippen LogP contribution in [0.5, 0.6) is 17.5 Å². The van der Waals surface area contributed by atoms with Crippen molar-refractivity contribution in [1.29, 1.82) is 0 Å². The highest BCUT2D eigenvalue weighted by Gasteiger charge is 2.26. The number of hydrogen-bond donors (Lipinski definition) is 3. The van der Waals surface area contributed by atoms with Gasteiger partial charge in [0.2, 0.25) is 11.8 Å². The molecule has 344 valence electrons. The van der Waals surface area contributed by atoms with Gasteiger partial charge in [-0.2, -0.15) is 24.5 Å². The van der Waals surface area contributed by atoms with Gasteiger partial charge in [-0.3, -0.25) is 18.7 Å². The Balaban J connectivity index is 0.00000107. The lowest BCUT2D eigenvalue weighted by Crippen LogP contribution is -2.40. The van der Waals surface area contributed by atoms with Gasteiger partial charge in [-0.05, 0) is 68.6 Å². The average molecular weight is 919 g/mol. The summed E-state index contributed by atoms with van der Waals surface area (Å²) in [6, 6.07) is 26.2. The van der Waals surface area contributed by atoms with Crippen LogP contribution >= 0.6 is 0 Å². The highest BCUT2D eigenvalue weighted by Crippen LogP contribution is 2.39. The molecular formula is C47H54N10O8S+2. The molecule has 18 nitrogen and oxygen atoms in total. The van der Waals surface area contributed by atoms with E-state index < -0.39 is 10.6 Å². The van der Waals surface area contributed by atoms with Gasteiger partial charge in [-0.25, -0.2) is 0 Å². The molecule has 0 aliphatic carbocycles. The molecule has 0 atom stereocenters. The predicted molar refractivity (Wildman–Crippen MR) is 252 cm³/mol. The van der Waals surface area contributed by atoms with Crippen LogP contribution in [0, 0.1) is 13.8 Å². The second kappa shape index (κ2) is 25.3. The first-order valence-electron chi connectivity index (χ1n) is 21.0. The molecule has 66 heavy (non-hydrogen) atoms. The molecule has 0 spiro atoms. The number of azo groups is 3. The Bertz CT molecular complexity index is 3080. The number of benzene rings is 3. The van der Waals surface area contributed by atoms with Crippen molar-refractivity contribution in [2.75, 3.05) is 0 Å². The van der Waals surface area contributed by atoms with E-state index in [4.69, 9.17) is 12.6 Å². The molecule has 0 aliphatic heterocycles. The fourth-order valence-electron chi connectivity index (χ4n) is 6.22. The molecule has 0 unspecified atom stereocenters. The van der Waals surface area contributed by atoms with Crippen molar-refractivity contribution in [2.45, 2.75) is 68.9 Å². The van der Waals surface area contributed by atoms with Gasteiger partial charge >= 0.3 is 21.7 Å². The number of fused-ring (bicyclic) bond motifs is 1. The molecule has 7 aromatic rings. The van der Waals surface area contributed by atoms with Gasteiger partial charge in [0.05, 0.1) is 28.2 Å². The van der Waals surface area contributed by atoms with Crippen LogP contribution in [0.3, 0.4) is 0 Å². The summed E-state index contributed by atoms with van der Waals surface area (Å²) in [5.41, 5.74) is 2.73. The number of pyridine rings is 4. The second-order valence-corrected chi connectivity index (χ2v) is 13.3. The topological polar surface area (TPSA) is 238 Å². The molecule has 0 fully saturated rings. The highest BCUT2D eigenvalue weighted by molar-refractivity contribution is 7.59. The first-order valence-corrected chi connectivity index (χ1v) is 22.0. The van der Waals surface area contributed by atoms with E-state index in [1.54, 1.807) is 134 Å². The molecule has 4 aromatic heterocycles. The van der Waals surface area contributed by atoms with E-state index in [-0.39, 0.29) is 52.2 Å². The van der Waals surface area contributed by atoms with Gasteiger partial charge in [-0.15, -0.1) is 28.0 Å². The lowest BCUT2D eigenvalue weighted by atomic mass is 10.1. The van der Waals surface area contributed by atoms with Gasteiger partial charge in [0.25, 0.3) is 11.4 Å². The maximum Gasteiger partial charge on any atom is 0.425 e. The Morgan fingerprint density at radius 1 is 0.561 bits per heavy atom. The highest BCUT2D eigenvalue weighted by atomic mass is 32.2. The van der Waals surface area contributed by atoms with Crippen molar-refractivity contribution in [3.05, 3.63) is 148 Å². The first-order chi connectivity index (χ1) is 31.8. The number of hydrogen-bond acceptors (Lipinski definition) is 14. The summed E-state index contributed by atoms with van der Waals surface area (Å²) in [5, 5.41) is 59.9. The minimum Gasteiger partial charge on any atom is -0.505 e. The second-order valence-electron chi connectivity index (χ2n) is 12.9. The predicted octanol–water partition coefficient (Wildman–Crippen LogP) is 10.3. The first kappa shape index (κ1) is 52.3. The van der Waals surface area contributed by atoms with Crippen LogP contribution in [-0.4, -0.2) is 37.1 Å². The monoisotopic (exact) mass is 918 g/mol. The van der Waals surface area contributed by atoms with E-state index in [1.807, 2.05) is 53.7 Å². The Kier molecular flexibility index (Phi) is 20.0. The van der Waals surface area contributed by atoms with Crippen LogP contribution in [-0.2, 0) is 24.2 Å². The van der Waals surface area contributed by atoms with E-state index in [9.17, 15) is 24.9 Å². The van der Waals surface area contributed by atoms with Crippen molar-refractivity contribution in [3.63, 3.8) is 0 Å². The third kappa shape index (κ3) is 12.3. The maximum atomic E-state index is 13.2. The van der Waals surface area contributed by atoms with Crippen molar-refractivity contribution in [2.24, 2.45) is 37.7 Å². The van der Waals surface area contributed by atoms with Crippen LogP contribution in [0.4, 0.5) is 34.1 Å². The SMILES string of the molecule is CC.CC.CC.CCn1c(O)c(N=Nc2ccc3ccc(N=Nc4ccc(N=Nc5c(C)c(-[n+]6ccccc6)c(=O)n(C)c5O)cc4)c(O)c3c2)c(C)c(-[n+]2ccccc2)c1=O.O=S(=O)=O. The van der Waals surface area contributed by atoms with Crippen LogP contribution in [0.25, 0.3) is 22.1 Å². The quantitative estimate of drug-likeness (QED) is 0.0927. The number of rotatable bonds is 9. The number of aromatic hydroxyl groups is 3. The van der Waals surface area contributed by atoms with Crippen molar-refractivity contribution in [3.8, 4) is 28.9 Å². The van der Waals surface area contributed by atoms with Gasteiger partial charge < -0.3 is 15.3 Å². The molecule has 19 heteroatoms. The molecule has 0 saturated carbocycles. The molecule has 4 heterocycles. The molecule has 0 radical (unpaired) electrons. The van der Waals surface area contributed by atoms with E-state index in [2.05, 4.69) is 30.7 Å². The molecule has 0 aliphatic rings. The van der Waals surface area contributed by atoms with Gasteiger partial charge in [-0.1, -0.05) is 65.8 Å². The summed E-state index contributed by atoms with van der Waals surface area (Å²) >= 11 is 0. The fourth-order valence-corrected chi connectivity index (χ4v) is 6.22. The average Bonchev–Trinajstić information content (AvgIpc) is 3.33. The van der Waals surface area contributed by atoms with Gasteiger partial charge in [0, 0.05) is 43.2 Å². The summed E-state index contributed by atoms with van der Waals surface area (Å²) < 4.78 is 31.0. The van der Waals surface area contributed by atoms with E-state index in [0.29, 0.717) is 45.0 Å². The van der Waals surface area contributed by atoms with E-state index >= 15 is 0 Å². The molecular weight excluding hydrogens is 865 g/mol. The normalized spacial score (nSPS) is 10.6. The number of nitrogens with zero attached hydrogens (tertiary/aromatic N) is 10. The third-order valence-electron chi connectivity index (χ3n) is 9.25. The summed E-state index contributed by atoms with van der Waals surface area (Å²) in [6.45, 7) is 17.4. The molecule has 0 amide bonds. The van der Waals surface area contributed by atoms with Gasteiger partial charge in [0.1, 0.15) is 5.69 Å². The Hall–Kier alpha value is -8.06. The van der Waals surface area contributed by atoms with Crippen molar-refractivity contribution >= 4 is 55.5 Å². The molecule has 0 saturated heterocycles. The Labute approximate surface area is 383 Å². The zero-order chi connectivity index (χ0) is 49.1. The smallest absolute Gasteiger partial charge is 0.425 e. The van der Waals surface area contributed by atoms with E-state index in [1.165, 1.54) is 11.6 Å². The standard InChI is InChI=1S/C41H34N10O5.3C2H6.O3S/c1-5-51-39(54)34(26(3)36(41(51)56)50-22-10-7-11-23-50)47-44-30-14-12-27-13-19-32(37(52)31(27)24-30)45-42-28-15-17-29(18-16-28)43-46-33-25(2)35(40(55)48(4)38(33)53)49-20-8-6-9-21-49;3*1-2;1-4(2)3/h6-24H,5H2,1-4H3,(H-2,42,43,44,45,46,47,52,53,54,55,56);3*1-2H3;/p+2. The summed E-state index contributed by atoms with van der Waals surface area (Å²) in [5.74, 6) is -0.717. The number of aromatic nitrogens is 4. The zero-order valence-corrected chi connectivity index (χ0v) is 39.3. The van der Waals surface area contributed by atoms with Gasteiger partial charge in [0.15, 0.2) is 41.9 Å². The maximum absolute atomic E-state index is 13.2. The molecule has 7 rings (SSSR count). The van der Waals surface area contributed by atoms with Crippen LogP contribution in [0.1, 0.15) is 59.6 Å². The van der Waals surface area contributed by atoms with Crippen LogP contribution < -0.4 is 20.3 Å². The van der Waals surface area contributed by atoms with Crippen molar-refractivity contribution < 1.29 is 37.1 Å². The molecule has 3 aromatic carbocycles. The summed E-state index contributed by atoms with van der Waals surface area (Å²) in [6.07, 6.45) is 6.98. The fraction of sp³-hybridized carbons (Fsp3) is 0.234. The largest absolute Gasteiger partial charge is 0.505 e. The Morgan fingerprint density at radius 2 is 0.970 bits per heavy atom. The minimum atomic E-state index is -3.11. The lowest BCUT2D eigenvalue weighted by Gasteiger charge is -2.11.